The fourth-order valence-electron chi connectivity index (χ4n) is 1.83. The Morgan fingerprint density at radius 2 is 1.65 bits per heavy atom. The molecule has 0 heterocycles. The number of aliphatic carboxylic acids is 1. The number of carbonyl (C=O) groups is 2. The second kappa shape index (κ2) is 7.14. The first-order valence-electron chi connectivity index (χ1n) is 6.05. The first-order chi connectivity index (χ1) is 7.84. The number of hydrogen-bond acceptors (Lipinski definition) is 2. The van der Waals surface area contributed by atoms with Crippen molar-refractivity contribution in [2.24, 2.45) is 5.92 Å². The average Bonchev–Trinajstić information content (AvgIpc) is 2.28. The van der Waals surface area contributed by atoms with Crippen molar-refractivity contribution in [3.8, 4) is 0 Å². The molecule has 1 atom stereocenters. The van der Waals surface area contributed by atoms with Crippen LogP contribution < -0.4 is 0 Å². The summed E-state index contributed by atoms with van der Waals surface area (Å²) in [6.45, 7) is 5.91. The van der Waals surface area contributed by atoms with Crippen LogP contribution in [0.5, 0.6) is 0 Å². The van der Waals surface area contributed by atoms with Gasteiger partial charge in [0.25, 0.3) is 0 Å². The van der Waals surface area contributed by atoms with Gasteiger partial charge in [-0.05, 0) is 12.8 Å². The van der Waals surface area contributed by atoms with Gasteiger partial charge in [-0.3, -0.25) is 4.79 Å². The maximum Gasteiger partial charge on any atom is 0.319 e. The minimum Gasteiger partial charge on any atom is -0.481 e. The summed E-state index contributed by atoms with van der Waals surface area (Å²) in [4.78, 5) is 25.9. The normalized spacial score (nSPS) is 12.4. The van der Waals surface area contributed by atoms with E-state index in [1.165, 1.54) is 4.90 Å². The number of urea groups is 1. The Morgan fingerprint density at radius 3 is 2.00 bits per heavy atom. The molecule has 0 aliphatic heterocycles. The van der Waals surface area contributed by atoms with E-state index in [1.54, 1.807) is 25.9 Å². The van der Waals surface area contributed by atoms with E-state index >= 15 is 0 Å². The molecule has 0 spiro atoms. The molecule has 0 aromatic carbocycles. The zero-order valence-corrected chi connectivity index (χ0v) is 11.4. The molecule has 1 N–H and O–H groups in total. The molecule has 17 heavy (non-hydrogen) atoms. The lowest BCUT2D eigenvalue weighted by Crippen LogP contribution is -2.45. The van der Waals surface area contributed by atoms with Crippen molar-refractivity contribution in [1.29, 1.82) is 0 Å². The van der Waals surface area contributed by atoms with Crippen LogP contribution in [0.1, 0.15) is 33.6 Å². The van der Waals surface area contributed by atoms with E-state index in [4.69, 9.17) is 5.11 Å². The summed E-state index contributed by atoms with van der Waals surface area (Å²) in [6, 6.07) is 0.0943. The Balaban J connectivity index is 4.43. The minimum absolute atomic E-state index is 0.119. The lowest BCUT2D eigenvalue weighted by molar-refractivity contribution is -0.141. The van der Waals surface area contributed by atoms with Gasteiger partial charge in [0.15, 0.2) is 0 Å². The lowest BCUT2D eigenvalue weighted by Gasteiger charge is -2.31. The molecule has 0 aliphatic carbocycles. The third-order valence-electron chi connectivity index (χ3n) is 3.09. The number of hydrogen-bond donors (Lipinski definition) is 1. The van der Waals surface area contributed by atoms with Gasteiger partial charge in [-0.15, -0.1) is 0 Å². The summed E-state index contributed by atoms with van der Waals surface area (Å²) in [7, 11) is 3.41. The second-order valence-electron chi connectivity index (χ2n) is 4.48. The SMILES string of the molecule is CCC(CC)N(C)C(=O)N(C)CC(C)C(=O)O. The van der Waals surface area contributed by atoms with Gasteiger partial charge in [0.1, 0.15) is 0 Å². The van der Waals surface area contributed by atoms with Crippen LogP contribution in [0.25, 0.3) is 0 Å². The van der Waals surface area contributed by atoms with E-state index in [1.807, 2.05) is 13.8 Å². The van der Waals surface area contributed by atoms with Crippen molar-refractivity contribution in [3.05, 3.63) is 0 Å². The van der Waals surface area contributed by atoms with Gasteiger partial charge in [-0.1, -0.05) is 20.8 Å². The number of nitrogens with zero attached hydrogens (tertiary/aromatic N) is 2. The van der Waals surface area contributed by atoms with Crippen LogP contribution in [0.2, 0.25) is 0 Å². The summed E-state index contributed by atoms with van der Waals surface area (Å²) >= 11 is 0. The van der Waals surface area contributed by atoms with Gasteiger partial charge in [0, 0.05) is 26.7 Å². The van der Waals surface area contributed by atoms with Crippen LogP contribution in [-0.2, 0) is 4.79 Å². The smallest absolute Gasteiger partial charge is 0.319 e. The highest BCUT2D eigenvalue weighted by Crippen LogP contribution is 2.09. The largest absolute Gasteiger partial charge is 0.481 e. The van der Waals surface area contributed by atoms with Crippen LogP contribution in [0, 0.1) is 5.92 Å². The molecule has 1 unspecified atom stereocenters. The van der Waals surface area contributed by atoms with Crippen molar-refractivity contribution in [1.82, 2.24) is 9.80 Å². The Bertz CT molecular complexity index is 264. The van der Waals surface area contributed by atoms with E-state index in [0.717, 1.165) is 12.8 Å². The minimum atomic E-state index is -0.880. The van der Waals surface area contributed by atoms with E-state index in [-0.39, 0.29) is 18.6 Å². The van der Waals surface area contributed by atoms with Gasteiger partial charge in [0.05, 0.1) is 5.92 Å². The highest BCUT2D eigenvalue weighted by molar-refractivity contribution is 5.75. The number of rotatable bonds is 6. The van der Waals surface area contributed by atoms with Gasteiger partial charge in [0.2, 0.25) is 0 Å². The molecule has 5 heteroatoms. The van der Waals surface area contributed by atoms with Crippen molar-refractivity contribution in [3.63, 3.8) is 0 Å². The highest BCUT2D eigenvalue weighted by atomic mass is 16.4. The Hall–Kier alpha value is -1.26. The predicted molar refractivity (Wildman–Crippen MR) is 67.0 cm³/mol. The maximum absolute atomic E-state index is 12.0. The van der Waals surface area contributed by atoms with Crippen LogP contribution in [0.4, 0.5) is 4.79 Å². The molecule has 0 saturated carbocycles. The van der Waals surface area contributed by atoms with Gasteiger partial charge in [-0.2, -0.15) is 0 Å². The van der Waals surface area contributed by atoms with Gasteiger partial charge >= 0.3 is 12.0 Å². The summed E-state index contributed by atoms with van der Waals surface area (Å²) < 4.78 is 0. The molecule has 0 aliphatic rings. The standard InChI is InChI=1S/C12H24N2O3/c1-6-10(7-2)14(5)12(17)13(4)8-9(3)11(15)16/h9-10H,6-8H2,1-5H3,(H,15,16). The Morgan fingerprint density at radius 1 is 1.18 bits per heavy atom. The Kier molecular flexibility index (Phi) is 6.61. The summed E-state index contributed by atoms with van der Waals surface area (Å²) in [6.07, 6.45) is 1.81. The predicted octanol–water partition coefficient (Wildman–Crippen LogP) is 1.88. The fraction of sp³-hybridized carbons (Fsp3) is 0.833. The monoisotopic (exact) mass is 244 g/mol. The van der Waals surface area contributed by atoms with Crippen LogP contribution in [-0.4, -0.2) is 53.6 Å². The van der Waals surface area contributed by atoms with Crippen molar-refractivity contribution >= 4 is 12.0 Å². The van der Waals surface area contributed by atoms with E-state index in [0.29, 0.717) is 0 Å². The van der Waals surface area contributed by atoms with Crippen molar-refractivity contribution in [2.45, 2.75) is 39.7 Å². The van der Waals surface area contributed by atoms with E-state index in [2.05, 4.69) is 0 Å². The molecule has 0 aromatic rings. The number of amides is 2. The third-order valence-corrected chi connectivity index (χ3v) is 3.09. The topological polar surface area (TPSA) is 60.9 Å². The fourth-order valence-corrected chi connectivity index (χ4v) is 1.83. The quantitative estimate of drug-likeness (QED) is 0.776. The molecule has 100 valence electrons. The summed E-state index contributed by atoms with van der Waals surface area (Å²) in [5, 5.41) is 8.80. The molecule has 0 aromatic heterocycles. The summed E-state index contributed by atoms with van der Waals surface area (Å²) in [5.41, 5.74) is 0. The Labute approximate surface area is 103 Å². The average molecular weight is 244 g/mol. The molecular weight excluding hydrogens is 220 g/mol. The molecule has 0 rings (SSSR count). The zero-order chi connectivity index (χ0) is 13.6. The molecular formula is C12H24N2O3. The second-order valence-corrected chi connectivity index (χ2v) is 4.48. The van der Waals surface area contributed by atoms with Crippen LogP contribution in [0.15, 0.2) is 0 Å². The molecule has 0 fully saturated rings. The molecule has 2 amide bonds. The van der Waals surface area contributed by atoms with Crippen molar-refractivity contribution in [2.75, 3.05) is 20.6 Å². The molecule has 0 saturated heterocycles. The van der Waals surface area contributed by atoms with Gasteiger partial charge < -0.3 is 14.9 Å². The van der Waals surface area contributed by atoms with E-state index < -0.39 is 11.9 Å². The third kappa shape index (κ3) is 4.63. The van der Waals surface area contributed by atoms with Crippen LogP contribution >= 0.6 is 0 Å². The first kappa shape index (κ1) is 15.7. The molecule has 0 bridgehead atoms. The number of carboxylic acids is 1. The highest BCUT2D eigenvalue weighted by Gasteiger charge is 2.23. The van der Waals surface area contributed by atoms with Crippen LogP contribution in [0.3, 0.4) is 0 Å². The number of carboxylic acid groups (broad SMARTS) is 1. The lowest BCUT2D eigenvalue weighted by atomic mass is 10.1. The van der Waals surface area contributed by atoms with Gasteiger partial charge in [-0.25, -0.2) is 4.79 Å². The first-order valence-corrected chi connectivity index (χ1v) is 6.05. The van der Waals surface area contributed by atoms with E-state index in [9.17, 15) is 9.59 Å². The maximum atomic E-state index is 12.0. The summed E-state index contributed by atoms with van der Waals surface area (Å²) in [5.74, 6) is -1.42. The zero-order valence-electron chi connectivity index (χ0n) is 11.4. The molecule has 0 radical (unpaired) electrons. The number of carbonyl (C=O) groups excluding carboxylic acids is 1. The van der Waals surface area contributed by atoms with Crippen molar-refractivity contribution < 1.29 is 14.7 Å². The molecule has 5 nitrogen and oxygen atoms in total.